The quantitative estimate of drug-likeness (QED) is 0.251. The highest BCUT2D eigenvalue weighted by atomic mass is 79.9. The highest BCUT2D eigenvalue weighted by Gasteiger charge is 2.28. The van der Waals surface area contributed by atoms with Gasteiger partial charge < -0.3 is 14.8 Å². The summed E-state index contributed by atoms with van der Waals surface area (Å²) in [7, 11) is -2.74. The Balaban J connectivity index is 1.70. The van der Waals surface area contributed by atoms with Crippen LogP contribution >= 0.6 is 27.5 Å². The molecule has 12 heteroatoms. The van der Waals surface area contributed by atoms with Gasteiger partial charge in [-0.25, -0.2) is 8.42 Å². The van der Waals surface area contributed by atoms with Crippen molar-refractivity contribution in [2.45, 2.75) is 11.8 Å². The predicted molar refractivity (Wildman–Crippen MR) is 141 cm³/mol. The normalized spacial score (nSPS) is 11.8. The Morgan fingerprint density at radius 1 is 1.14 bits per heavy atom. The summed E-state index contributed by atoms with van der Waals surface area (Å²) in [6.45, 7) is 1.18. The van der Waals surface area contributed by atoms with Gasteiger partial charge in [0.25, 0.3) is 15.9 Å². The number of benzene rings is 3. The van der Waals surface area contributed by atoms with Crippen molar-refractivity contribution >= 4 is 65.7 Å². The van der Waals surface area contributed by atoms with Crippen molar-refractivity contribution in [1.29, 1.82) is 0 Å². The maximum Gasteiger partial charge on any atom is 0.285 e. The lowest BCUT2D eigenvalue weighted by Gasteiger charge is -2.23. The summed E-state index contributed by atoms with van der Waals surface area (Å²) in [6.07, 6.45) is 0. The minimum atomic E-state index is -4.17. The number of nitrogens with zero attached hydrogens (tertiary/aromatic N) is 3. The zero-order valence-electron chi connectivity index (χ0n) is 19.1. The third kappa shape index (κ3) is 5.23. The first-order valence-electron chi connectivity index (χ1n) is 10.5. The summed E-state index contributed by atoms with van der Waals surface area (Å²) in [5, 5.41) is 18.5. The van der Waals surface area contributed by atoms with Gasteiger partial charge in [-0.3, -0.25) is 9.10 Å². The van der Waals surface area contributed by atoms with Gasteiger partial charge in [-0.1, -0.05) is 45.2 Å². The minimum Gasteiger partial charge on any atom is -0.495 e. The summed E-state index contributed by atoms with van der Waals surface area (Å²) in [5.41, 5.74) is 1.67. The van der Waals surface area contributed by atoms with Crippen molar-refractivity contribution in [3.63, 3.8) is 0 Å². The highest BCUT2D eigenvalue weighted by molar-refractivity contribution is 9.10. The van der Waals surface area contributed by atoms with Crippen LogP contribution < -0.4 is 9.04 Å². The van der Waals surface area contributed by atoms with Crippen LogP contribution in [0.4, 0.5) is 11.4 Å². The van der Waals surface area contributed by atoms with E-state index in [0.29, 0.717) is 16.7 Å². The van der Waals surface area contributed by atoms with Crippen LogP contribution in [0.1, 0.15) is 5.56 Å². The molecule has 4 rings (SSSR count). The van der Waals surface area contributed by atoms with E-state index in [9.17, 15) is 18.3 Å². The fourth-order valence-electron chi connectivity index (χ4n) is 3.46. The molecule has 0 aliphatic rings. The smallest absolute Gasteiger partial charge is 0.285 e. The van der Waals surface area contributed by atoms with Crippen LogP contribution in [0, 0.1) is 6.92 Å². The van der Waals surface area contributed by atoms with Crippen LogP contribution in [0.15, 0.2) is 80.3 Å². The molecule has 0 unspecified atom stereocenters. The molecule has 0 bridgehead atoms. The van der Waals surface area contributed by atoms with Gasteiger partial charge in [-0.15, -0.1) is 10.2 Å². The molecule has 3 aromatic carbocycles. The number of anilines is 1. The first kappa shape index (κ1) is 25.7. The van der Waals surface area contributed by atoms with Crippen molar-refractivity contribution in [1.82, 2.24) is 4.98 Å². The van der Waals surface area contributed by atoms with E-state index in [2.05, 4.69) is 31.1 Å². The topological polar surface area (TPSA) is 124 Å². The second kappa shape index (κ2) is 10.3. The molecule has 0 radical (unpaired) electrons. The largest absolute Gasteiger partial charge is 0.495 e. The number of ether oxygens (including phenoxy) is 1. The third-order valence-electron chi connectivity index (χ3n) is 5.29. The Bertz CT molecular complexity index is 1590. The van der Waals surface area contributed by atoms with Gasteiger partial charge in [-0.2, -0.15) is 0 Å². The van der Waals surface area contributed by atoms with Crippen LogP contribution in [0.25, 0.3) is 10.9 Å². The third-order valence-corrected chi connectivity index (χ3v) is 7.86. The zero-order valence-corrected chi connectivity index (χ0v) is 22.2. The van der Waals surface area contributed by atoms with E-state index in [0.717, 1.165) is 14.3 Å². The van der Waals surface area contributed by atoms with E-state index >= 15 is 0 Å². The number of hydrogen-bond donors (Lipinski definition) is 2. The van der Waals surface area contributed by atoms with Gasteiger partial charge in [-0.05, 0) is 55.5 Å². The number of aromatic nitrogens is 1. The van der Waals surface area contributed by atoms with E-state index in [1.807, 2.05) is 6.92 Å². The Morgan fingerprint density at radius 3 is 2.53 bits per heavy atom. The molecule has 1 heterocycles. The number of H-pyrrole nitrogens is 1. The van der Waals surface area contributed by atoms with Gasteiger partial charge in [0.1, 0.15) is 12.3 Å². The summed E-state index contributed by atoms with van der Waals surface area (Å²) in [6, 6.07) is 15.8. The van der Waals surface area contributed by atoms with Crippen LogP contribution in [-0.2, 0) is 14.8 Å². The van der Waals surface area contributed by atoms with E-state index < -0.39 is 22.5 Å². The van der Waals surface area contributed by atoms with Crippen LogP contribution in [0.2, 0.25) is 5.02 Å². The summed E-state index contributed by atoms with van der Waals surface area (Å²) >= 11 is 9.58. The molecule has 2 N–H and O–H groups in total. The number of aromatic hydroxyl groups is 1. The molecular formula is C24H20BrClN4O5S. The van der Waals surface area contributed by atoms with Gasteiger partial charge in [0, 0.05) is 9.86 Å². The summed E-state index contributed by atoms with van der Waals surface area (Å²) in [5.74, 6) is -0.785. The lowest BCUT2D eigenvalue weighted by molar-refractivity contribution is -0.116. The van der Waals surface area contributed by atoms with Gasteiger partial charge in [0.2, 0.25) is 5.88 Å². The van der Waals surface area contributed by atoms with E-state index in [1.54, 1.807) is 30.3 Å². The standard InChI is InChI=1S/C24H20BrClN4O5S/c1-14-3-7-17(8-4-14)36(33,34)30(16-6-10-21(35-2)19(26)12-16)13-22(31)28-29-23-18-11-15(25)5-9-20(18)27-24(23)32/h3-12,27,32H,13H2,1-2H3. The number of halogens is 2. The Morgan fingerprint density at radius 2 is 1.86 bits per heavy atom. The molecule has 0 saturated carbocycles. The van der Waals surface area contributed by atoms with E-state index in [4.69, 9.17) is 16.3 Å². The number of carbonyl (C=O) groups excluding carboxylic acids is 1. The second-order valence-corrected chi connectivity index (χ2v) is 10.9. The molecule has 36 heavy (non-hydrogen) atoms. The number of amides is 1. The highest BCUT2D eigenvalue weighted by Crippen LogP contribution is 2.37. The lowest BCUT2D eigenvalue weighted by Crippen LogP contribution is -2.35. The van der Waals surface area contributed by atoms with E-state index in [-0.39, 0.29) is 27.2 Å². The molecule has 0 aliphatic heterocycles. The van der Waals surface area contributed by atoms with Crippen LogP contribution in [-0.4, -0.2) is 38.1 Å². The van der Waals surface area contributed by atoms with Gasteiger partial charge in [0.05, 0.1) is 28.2 Å². The van der Waals surface area contributed by atoms with Gasteiger partial charge >= 0.3 is 0 Å². The molecule has 1 aromatic heterocycles. The fourth-order valence-corrected chi connectivity index (χ4v) is 5.48. The molecule has 0 atom stereocenters. The average molecular weight is 592 g/mol. The first-order valence-corrected chi connectivity index (χ1v) is 13.1. The van der Waals surface area contributed by atoms with Crippen LogP contribution in [0.5, 0.6) is 11.6 Å². The monoisotopic (exact) mass is 590 g/mol. The number of sulfonamides is 1. The maximum atomic E-state index is 13.5. The zero-order chi connectivity index (χ0) is 26.0. The number of hydrogen-bond acceptors (Lipinski definition) is 6. The Kier molecular flexibility index (Phi) is 7.34. The molecule has 0 aliphatic carbocycles. The number of carbonyl (C=O) groups is 1. The Hall–Kier alpha value is -3.41. The summed E-state index contributed by atoms with van der Waals surface area (Å²) in [4.78, 5) is 15.6. The fraction of sp³-hybridized carbons (Fsp3) is 0.125. The number of aromatic amines is 1. The Labute approximate surface area is 220 Å². The molecule has 0 fully saturated rings. The number of methoxy groups -OCH3 is 1. The molecule has 0 spiro atoms. The second-order valence-electron chi connectivity index (χ2n) is 7.75. The molecular weight excluding hydrogens is 572 g/mol. The van der Waals surface area contributed by atoms with Crippen molar-refractivity contribution in [2.75, 3.05) is 18.0 Å². The lowest BCUT2D eigenvalue weighted by atomic mass is 10.2. The van der Waals surface area contributed by atoms with Crippen molar-refractivity contribution < 1.29 is 23.1 Å². The minimum absolute atomic E-state index is 0.0103. The number of fused-ring (bicyclic) bond motifs is 1. The number of nitrogens with one attached hydrogen (secondary N) is 1. The van der Waals surface area contributed by atoms with Crippen molar-refractivity contribution in [2.24, 2.45) is 10.2 Å². The summed E-state index contributed by atoms with van der Waals surface area (Å²) < 4.78 is 33.8. The predicted octanol–water partition coefficient (Wildman–Crippen LogP) is 6.11. The molecule has 9 nitrogen and oxygen atoms in total. The van der Waals surface area contributed by atoms with Crippen LogP contribution in [0.3, 0.4) is 0 Å². The number of rotatable bonds is 7. The first-order chi connectivity index (χ1) is 17.1. The van der Waals surface area contributed by atoms with Gasteiger partial charge in [0.15, 0.2) is 5.69 Å². The molecule has 0 saturated heterocycles. The van der Waals surface area contributed by atoms with Crippen molar-refractivity contribution in [3.8, 4) is 11.6 Å². The average Bonchev–Trinajstić information content (AvgIpc) is 3.15. The number of azo groups is 1. The van der Waals surface area contributed by atoms with Crippen molar-refractivity contribution in [3.05, 3.63) is 75.7 Å². The molecule has 1 amide bonds. The van der Waals surface area contributed by atoms with E-state index in [1.165, 1.54) is 37.4 Å². The molecule has 186 valence electrons. The number of aryl methyl sites for hydroxylation is 1. The maximum absolute atomic E-state index is 13.5. The SMILES string of the molecule is COc1ccc(N(CC(=O)N=Nc2c(O)[nH]c3ccc(Br)cc23)S(=O)(=O)c2ccc(C)cc2)cc1Cl. The molecule has 4 aromatic rings.